The van der Waals surface area contributed by atoms with E-state index in [1.54, 1.807) is 5.48 Å². The molecule has 2 N–H and O–H groups in total. The maximum atomic E-state index is 12.6. The third-order valence-corrected chi connectivity index (χ3v) is 2.20. The van der Waals surface area contributed by atoms with Gasteiger partial charge in [-0.3, -0.25) is 0 Å². The first-order valence-electron chi connectivity index (χ1n) is 4.39. The second-order valence-electron chi connectivity index (χ2n) is 3.16. The zero-order valence-electron chi connectivity index (χ0n) is 7.97. The predicted molar refractivity (Wildman–Crippen MR) is 46.2 cm³/mol. The molecule has 0 atom stereocenters. The SMILES string of the molecule is ONCc1c(C(F)(F)F)ccc2c1OCO2. The van der Waals surface area contributed by atoms with Gasteiger partial charge in [0.1, 0.15) is 0 Å². The van der Waals surface area contributed by atoms with Gasteiger partial charge in [-0.15, -0.1) is 0 Å². The first kappa shape index (κ1) is 11.0. The second kappa shape index (κ2) is 3.84. The molecule has 1 aliphatic heterocycles. The highest BCUT2D eigenvalue weighted by molar-refractivity contribution is 5.52. The summed E-state index contributed by atoms with van der Waals surface area (Å²) in [7, 11) is 0. The van der Waals surface area contributed by atoms with E-state index in [4.69, 9.17) is 14.7 Å². The van der Waals surface area contributed by atoms with Crippen molar-refractivity contribution in [2.45, 2.75) is 12.7 Å². The monoisotopic (exact) mass is 235 g/mol. The fraction of sp³-hybridized carbons (Fsp3) is 0.333. The molecule has 7 heteroatoms. The van der Waals surface area contributed by atoms with Gasteiger partial charge in [0.2, 0.25) is 6.79 Å². The van der Waals surface area contributed by atoms with Crippen molar-refractivity contribution in [3.8, 4) is 11.5 Å². The number of fused-ring (bicyclic) bond motifs is 1. The minimum Gasteiger partial charge on any atom is -0.454 e. The van der Waals surface area contributed by atoms with Crippen LogP contribution in [-0.4, -0.2) is 12.0 Å². The van der Waals surface area contributed by atoms with E-state index in [9.17, 15) is 13.2 Å². The molecular weight excluding hydrogens is 227 g/mol. The molecule has 0 aliphatic carbocycles. The summed E-state index contributed by atoms with van der Waals surface area (Å²) >= 11 is 0. The van der Waals surface area contributed by atoms with E-state index < -0.39 is 11.7 Å². The van der Waals surface area contributed by atoms with E-state index in [1.165, 1.54) is 6.07 Å². The van der Waals surface area contributed by atoms with Gasteiger partial charge >= 0.3 is 6.18 Å². The number of hydroxylamine groups is 1. The highest BCUT2D eigenvalue weighted by Gasteiger charge is 2.36. The molecule has 1 aromatic carbocycles. The zero-order valence-corrected chi connectivity index (χ0v) is 7.97. The van der Waals surface area contributed by atoms with Crippen LogP contribution in [0, 0.1) is 0 Å². The fourth-order valence-electron chi connectivity index (χ4n) is 1.55. The van der Waals surface area contributed by atoms with Crippen LogP contribution in [0.25, 0.3) is 0 Å². The average Bonchev–Trinajstić information content (AvgIpc) is 2.64. The smallest absolute Gasteiger partial charge is 0.416 e. The lowest BCUT2D eigenvalue weighted by molar-refractivity contribution is -0.138. The lowest BCUT2D eigenvalue weighted by atomic mass is 10.1. The van der Waals surface area contributed by atoms with Gasteiger partial charge in [0.25, 0.3) is 0 Å². The van der Waals surface area contributed by atoms with Gasteiger partial charge in [-0.1, -0.05) is 0 Å². The van der Waals surface area contributed by atoms with Gasteiger partial charge in [0, 0.05) is 5.56 Å². The van der Waals surface area contributed by atoms with Gasteiger partial charge in [0.15, 0.2) is 11.5 Å². The number of hydrogen-bond donors (Lipinski definition) is 2. The summed E-state index contributed by atoms with van der Waals surface area (Å²) in [5, 5.41) is 8.53. The Bertz CT molecular complexity index is 406. The van der Waals surface area contributed by atoms with Crippen LogP contribution in [0.15, 0.2) is 12.1 Å². The first-order valence-corrected chi connectivity index (χ1v) is 4.39. The lowest BCUT2D eigenvalue weighted by Crippen LogP contribution is -2.15. The Hall–Kier alpha value is -1.47. The number of ether oxygens (including phenoxy) is 2. The van der Waals surface area contributed by atoms with E-state index in [0.717, 1.165) is 6.07 Å². The number of alkyl halides is 3. The van der Waals surface area contributed by atoms with Gasteiger partial charge in [-0.2, -0.15) is 13.2 Å². The largest absolute Gasteiger partial charge is 0.454 e. The summed E-state index contributed by atoms with van der Waals surface area (Å²) < 4.78 is 47.8. The summed E-state index contributed by atoms with van der Waals surface area (Å²) in [6.45, 7) is -0.476. The maximum Gasteiger partial charge on any atom is 0.416 e. The molecule has 1 aliphatic rings. The zero-order chi connectivity index (χ0) is 11.8. The lowest BCUT2D eigenvalue weighted by Gasteiger charge is -2.14. The molecule has 88 valence electrons. The van der Waals surface area contributed by atoms with Gasteiger partial charge < -0.3 is 14.7 Å². The minimum atomic E-state index is -4.49. The Balaban J connectivity index is 2.53. The van der Waals surface area contributed by atoms with Crippen LogP contribution in [0.5, 0.6) is 11.5 Å². The molecule has 0 unspecified atom stereocenters. The molecule has 0 saturated heterocycles. The van der Waals surface area contributed by atoms with Crippen molar-refractivity contribution in [2.24, 2.45) is 0 Å². The van der Waals surface area contributed by atoms with E-state index in [1.807, 2.05) is 0 Å². The molecule has 1 aromatic rings. The third-order valence-electron chi connectivity index (χ3n) is 2.20. The molecule has 16 heavy (non-hydrogen) atoms. The minimum absolute atomic E-state index is 0.0244. The number of rotatable bonds is 2. The number of hydrogen-bond acceptors (Lipinski definition) is 4. The van der Waals surface area contributed by atoms with Crippen molar-refractivity contribution in [3.05, 3.63) is 23.3 Å². The highest BCUT2D eigenvalue weighted by atomic mass is 19.4. The Morgan fingerprint density at radius 3 is 2.69 bits per heavy atom. The van der Waals surface area contributed by atoms with Crippen LogP contribution >= 0.6 is 0 Å². The standard InChI is InChI=1S/C9H8F3NO3/c10-9(11,12)6-1-2-7-8(16-4-15-7)5(6)3-13-14/h1-2,13-14H,3-4H2. The highest BCUT2D eigenvalue weighted by Crippen LogP contribution is 2.42. The van der Waals surface area contributed by atoms with Crippen molar-refractivity contribution < 1.29 is 27.9 Å². The van der Waals surface area contributed by atoms with Crippen LogP contribution in [0.4, 0.5) is 13.2 Å². The summed E-state index contributed by atoms with van der Waals surface area (Å²) in [6, 6.07) is 2.10. The van der Waals surface area contributed by atoms with Crippen molar-refractivity contribution >= 4 is 0 Å². The summed E-state index contributed by atoms with van der Waals surface area (Å²) in [5.41, 5.74) is 0.680. The van der Waals surface area contributed by atoms with Crippen LogP contribution < -0.4 is 15.0 Å². The summed E-state index contributed by atoms with van der Waals surface area (Å²) in [5.74, 6) is 0.273. The number of nitrogens with one attached hydrogen (secondary N) is 1. The van der Waals surface area contributed by atoms with Crippen molar-refractivity contribution in [3.63, 3.8) is 0 Å². The molecule has 0 radical (unpaired) electrons. The molecule has 0 saturated carbocycles. The molecule has 0 amide bonds. The van der Waals surface area contributed by atoms with Crippen molar-refractivity contribution in [2.75, 3.05) is 6.79 Å². The molecule has 0 spiro atoms. The third kappa shape index (κ3) is 1.79. The van der Waals surface area contributed by atoms with E-state index in [2.05, 4.69) is 0 Å². The summed E-state index contributed by atoms with van der Waals surface area (Å²) in [4.78, 5) is 0. The first-order chi connectivity index (χ1) is 7.54. The summed E-state index contributed by atoms with van der Waals surface area (Å²) in [6.07, 6.45) is -4.49. The van der Waals surface area contributed by atoms with E-state index >= 15 is 0 Å². The molecule has 4 nitrogen and oxygen atoms in total. The van der Waals surface area contributed by atoms with Crippen LogP contribution in [0.1, 0.15) is 11.1 Å². The van der Waals surface area contributed by atoms with Crippen molar-refractivity contribution in [1.82, 2.24) is 5.48 Å². The normalized spacial score (nSPS) is 14.2. The Labute approximate surface area is 88.5 Å². The molecular formula is C9H8F3NO3. The number of benzene rings is 1. The van der Waals surface area contributed by atoms with E-state index in [-0.39, 0.29) is 30.4 Å². The van der Waals surface area contributed by atoms with Crippen molar-refractivity contribution in [1.29, 1.82) is 0 Å². The molecule has 2 rings (SSSR count). The van der Waals surface area contributed by atoms with Gasteiger partial charge in [-0.05, 0) is 12.1 Å². The quantitative estimate of drug-likeness (QED) is 0.769. The molecule has 0 aromatic heterocycles. The Morgan fingerprint density at radius 1 is 1.31 bits per heavy atom. The predicted octanol–water partition coefficient (Wildman–Crippen LogP) is 1.91. The molecule has 0 bridgehead atoms. The maximum absolute atomic E-state index is 12.6. The average molecular weight is 235 g/mol. The topological polar surface area (TPSA) is 50.7 Å². The van der Waals surface area contributed by atoms with Gasteiger partial charge in [-0.25, -0.2) is 5.48 Å². The van der Waals surface area contributed by atoms with Gasteiger partial charge in [0.05, 0.1) is 12.1 Å². The van der Waals surface area contributed by atoms with Crippen LogP contribution in [0.2, 0.25) is 0 Å². The number of halogens is 3. The van der Waals surface area contributed by atoms with Crippen LogP contribution in [-0.2, 0) is 12.7 Å². The van der Waals surface area contributed by atoms with Crippen LogP contribution in [0.3, 0.4) is 0 Å². The molecule has 1 heterocycles. The Morgan fingerprint density at radius 2 is 2.06 bits per heavy atom. The van der Waals surface area contributed by atoms with E-state index in [0.29, 0.717) is 0 Å². The Kier molecular flexibility index (Phi) is 2.64. The second-order valence-corrected chi connectivity index (χ2v) is 3.16. The fourth-order valence-corrected chi connectivity index (χ4v) is 1.55. The molecule has 0 fully saturated rings.